The molecule has 5 rings (SSSR count). The molecule has 0 unspecified atom stereocenters. The highest BCUT2D eigenvalue weighted by Crippen LogP contribution is 2.46. The van der Waals surface area contributed by atoms with E-state index in [9.17, 15) is 27.2 Å². The van der Waals surface area contributed by atoms with Gasteiger partial charge in [-0.2, -0.15) is 13.2 Å². The fourth-order valence-electron chi connectivity index (χ4n) is 5.82. The van der Waals surface area contributed by atoms with Gasteiger partial charge in [-0.05, 0) is 38.5 Å². The van der Waals surface area contributed by atoms with Gasteiger partial charge in [0.05, 0.1) is 18.3 Å². The number of carbonyl (C=O) groups is 2. The number of fused-ring (bicyclic) bond motifs is 2. The van der Waals surface area contributed by atoms with Gasteiger partial charge in [0.25, 0.3) is 5.91 Å². The van der Waals surface area contributed by atoms with E-state index in [-0.39, 0.29) is 72.1 Å². The van der Waals surface area contributed by atoms with Gasteiger partial charge < -0.3 is 24.8 Å². The van der Waals surface area contributed by atoms with E-state index in [1.165, 1.54) is 24.3 Å². The van der Waals surface area contributed by atoms with Crippen molar-refractivity contribution in [3.8, 4) is 17.0 Å². The molecule has 8 nitrogen and oxygen atoms in total. The van der Waals surface area contributed by atoms with Crippen LogP contribution in [-0.2, 0) is 4.79 Å². The number of pyridine rings is 1. The number of anilines is 1. The fraction of sp³-hybridized carbons (Fsp3) is 0.464. The van der Waals surface area contributed by atoms with Crippen LogP contribution in [0.25, 0.3) is 11.3 Å². The SMILES string of the molecule is C=CC(=O)N1CCN2C(=O)c3c(N4C[C@@H](NCC(F)(F)F)CC4(C)C)nc(-c4ccccc4F)c(Cl)c3OC[C@H]2C1. The average Bonchev–Trinajstić information content (AvgIpc) is 3.15. The van der Waals surface area contributed by atoms with Crippen LogP contribution in [-0.4, -0.2) is 89.7 Å². The lowest BCUT2D eigenvalue weighted by Crippen LogP contribution is -2.57. The number of amides is 2. The van der Waals surface area contributed by atoms with Crippen LogP contribution in [0.15, 0.2) is 36.9 Å². The smallest absolute Gasteiger partial charge is 0.401 e. The Morgan fingerprint density at radius 1 is 1.27 bits per heavy atom. The molecule has 1 N–H and O–H groups in total. The Morgan fingerprint density at radius 3 is 2.68 bits per heavy atom. The molecule has 2 aromatic rings. The molecule has 2 atom stereocenters. The zero-order valence-corrected chi connectivity index (χ0v) is 23.4. The van der Waals surface area contributed by atoms with E-state index >= 15 is 0 Å². The predicted molar refractivity (Wildman–Crippen MR) is 146 cm³/mol. The van der Waals surface area contributed by atoms with Gasteiger partial charge in [0.15, 0.2) is 5.75 Å². The quantitative estimate of drug-likeness (QED) is 0.411. The Morgan fingerprint density at radius 2 is 2.00 bits per heavy atom. The van der Waals surface area contributed by atoms with Crippen molar-refractivity contribution in [2.75, 3.05) is 44.2 Å². The van der Waals surface area contributed by atoms with Gasteiger partial charge in [0.2, 0.25) is 5.91 Å². The molecule has 2 amide bonds. The van der Waals surface area contributed by atoms with Crippen LogP contribution in [0.3, 0.4) is 0 Å². The second kappa shape index (κ2) is 10.8. The van der Waals surface area contributed by atoms with Crippen molar-refractivity contribution in [1.82, 2.24) is 20.1 Å². The van der Waals surface area contributed by atoms with Gasteiger partial charge in [0.1, 0.15) is 28.8 Å². The highest BCUT2D eigenvalue weighted by atomic mass is 35.5. The summed E-state index contributed by atoms with van der Waals surface area (Å²) in [6.07, 6.45) is -2.85. The zero-order chi connectivity index (χ0) is 29.7. The number of benzene rings is 1. The van der Waals surface area contributed by atoms with Crippen molar-refractivity contribution in [2.45, 2.75) is 44.1 Å². The maximum atomic E-state index is 15.0. The Labute approximate surface area is 239 Å². The summed E-state index contributed by atoms with van der Waals surface area (Å²) in [7, 11) is 0. The first-order valence-electron chi connectivity index (χ1n) is 13.2. The molecule has 220 valence electrons. The van der Waals surface area contributed by atoms with E-state index in [2.05, 4.69) is 11.9 Å². The van der Waals surface area contributed by atoms with Crippen molar-refractivity contribution in [3.63, 3.8) is 0 Å². The molecule has 0 aliphatic carbocycles. The molecule has 3 aliphatic heterocycles. The Kier molecular flexibility index (Phi) is 7.66. The number of halogens is 5. The Balaban J connectivity index is 1.62. The molecule has 0 radical (unpaired) electrons. The number of nitrogens with zero attached hydrogens (tertiary/aromatic N) is 4. The molecule has 2 fully saturated rings. The van der Waals surface area contributed by atoms with Crippen LogP contribution < -0.4 is 15.0 Å². The number of aromatic nitrogens is 1. The number of rotatable bonds is 5. The summed E-state index contributed by atoms with van der Waals surface area (Å²) in [6.45, 7) is 6.90. The molecular formula is C28H30ClF4N5O3. The summed E-state index contributed by atoms with van der Waals surface area (Å²) in [4.78, 5) is 36.1. The van der Waals surface area contributed by atoms with Gasteiger partial charge in [-0.25, -0.2) is 9.37 Å². The Bertz CT molecular complexity index is 1390. The number of carbonyl (C=O) groups excluding carboxylic acids is 2. The van der Waals surface area contributed by atoms with Crippen LogP contribution in [0.4, 0.5) is 23.4 Å². The van der Waals surface area contributed by atoms with Crippen LogP contribution in [0.2, 0.25) is 5.02 Å². The van der Waals surface area contributed by atoms with Crippen molar-refractivity contribution in [2.24, 2.45) is 0 Å². The molecule has 1 aromatic heterocycles. The number of ether oxygens (including phenoxy) is 1. The second-order valence-corrected chi connectivity index (χ2v) is 11.4. The highest BCUT2D eigenvalue weighted by molar-refractivity contribution is 6.35. The first kappa shape index (κ1) is 29.1. The number of piperazine rings is 1. The molecule has 2 saturated heterocycles. The van der Waals surface area contributed by atoms with Crippen LogP contribution >= 0.6 is 11.6 Å². The third-order valence-corrected chi connectivity index (χ3v) is 8.15. The molecule has 41 heavy (non-hydrogen) atoms. The van der Waals surface area contributed by atoms with Crippen LogP contribution in [0, 0.1) is 5.82 Å². The van der Waals surface area contributed by atoms with Crippen molar-refractivity contribution in [3.05, 3.63) is 53.3 Å². The molecule has 0 saturated carbocycles. The summed E-state index contributed by atoms with van der Waals surface area (Å²) in [5.41, 5.74) is -0.528. The van der Waals surface area contributed by atoms with Gasteiger partial charge in [-0.1, -0.05) is 30.3 Å². The van der Waals surface area contributed by atoms with Crippen molar-refractivity contribution >= 4 is 29.2 Å². The van der Waals surface area contributed by atoms with Gasteiger partial charge in [0, 0.05) is 43.3 Å². The summed E-state index contributed by atoms with van der Waals surface area (Å²) >= 11 is 6.79. The minimum absolute atomic E-state index is 0.0126. The molecular weight excluding hydrogens is 566 g/mol. The van der Waals surface area contributed by atoms with Crippen molar-refractivity contribution < 1.29 is 31.9 Å². The maximum Gasteiger partial charge on any atom is 0.401 e. The standard InChI is InChI=1S/C28H30ClF4N5O3/c1-4-20(39)36-9-10-37-17(13-36)14-41-24-21(26(37)40)25(35-23(22(24)29)18-7-5-6-8-19(18)30)38-12-16(11-27(38,2)3)34-15-28(31,32)33/h4-8,16-17,34H,1,9-15H2,2-3H3/t16-,17+/m0/s1. The normalized spacial score (nSPS) is 22.1. The molecule has 0 spiro atoms. The number of nitrogens with one attached hydrogen (secondary N) is 1. The van der Waals surface area contributed by atoms with E-state index in [1.54, 1.807) is 20.8 Å². The topological polar surface area (TPSA) is 78.0 Å². The predicted octanol–water partition coefficient (Wildman–Crippen LogP) is 4.28. The summed E-state index contributed by atoms with van der Waals surface area (Å²) in [6, 6.07) is 4.85. The van der Waals surface area contributed by atoms with Gasteiger partial charge >= 0.3 is 6.18 Å². The maximum absolute atomic E-state index is 15.0. The zero-order valence-electron chi connectivity index (χ0n) is 22.6. The summed E-state index contributed by atoms with van der Waals surface area (Å²) < 4.78 is 60.1. The van der Waals surface area contributed by atoms with Gasteiger partial charge in [-0.15, -0.1) is 0 Å². The van der Waals surface area contributed by atoms with E-state index < -0.39 is 42.1 Å². The minimum atomic E-state index is -4.39. The largest absolute Gasteiger partial charge is 0.489 e. The number of alkyl halides is 3. The summed E-state index contributed by atoms with van der Waals surface area (Å²) in [5.74, 6) is -1.11. The van der Waals surface area contributed by atoms with E-state index in [0.29, 0.717) is 6.42 Å². The molecule has 0 bridgehead atoms. The van der Waals surface area contributed by atoms with E-state index in [0.717, 1.165) is 0 Å². The lowest BCUT2D eigenvalue weighted by Gasteiger charge is -2.40. The van der Waals surface area contributed by atoms with E-state index in [1.807, 2.05) is 13.8 Å². The molecule has 13 heteroatoms. The van der Waals surface area contributed by atoms with Crippen LogP contribution in [0.5, 0.6) is 5.75 Å². The van der Waals surface area contributed by atoms with Gasteiger partial charge in [-0.3, -0.25) is 9.59 Å². The first-order chi connectivity index (χ1) is 19.3. The number of hydrogen-bond donors (Lipinski definition) is 1. The number of hydrogen-bond acceptors (Lipinski definition) is 6. The molecule has 1 aromatic carbocycles. The molecule has 4 heterocycles. The average molecular weight is 596 g/mol. The monoisotopic (exact) mass is 595 g/mol. The summed E-state index contributed by atoms with van der Waals surface area (Å²) in [5, 5.41) is 2.51. The minimum Gasteiger partial charge on any atom is -0.489 e. The Hall–Kier alpha value is -3.38. The third kappa shape index (κ3) is 5.59. The lowest BCUT2D eigenvalue weighted by molar-refractivity contribution is -0.128. The third-order valence-electron chi connectivity index (χ3n) is 7.79. The van der Waals surface area contributed by atoms with Crippen LogP contribution in [0.1, 0.15) is 30.6 Å². The fourth-order valence-corrected chi connectivity index (χ4v) is 6.11. The second-order valence-electron chi connectivity index (χ2n) is 11.1. The van der Waals surface area contributed by atoms with E-state index in [4.69, 9.17) is 21.3 Å². The molecule has 3 aliphatic rings. The lowest BCUT2D eigenvalue weighted by atomic mass is 9.99. The highest BCUT2D eigenvalue weighted by Gasteiger charge is 2.46. The first-order valence-corrected chi connectivity index (χ1v) is 13.6. The van der Waals surface area contributed by atoms with Crippen molar-refractivity contribution in [1.29, 1.82) is 0 Å².